The van der Waals surface area contributed by atoms with E-state index < -0.39 is 0 Å². The zero-order valence-electron chi connectivity index (χ0n) is 12.0. The van der Waals surface area contributed by atoms with Gasteiger partial charge in [-0.1, -0.05) is 12.1 Å². The maximum atomic E-state index is 11.9. The lowest BCUT2D eigenvalue weighted by Crippen LogP contribution is -2.22. The third kappa shape index (κ3) is 3.15. The van der Waals surface area contributed by atoms with Gasteiger partial charge >= 0.3 is 0 Å². The van der Waals surface area contributed by atoms with Gasteiger partial charge in [0.05, 0.1) is 6.61 Å². The maximum absolute atomic E-state index is 11.9. The van der Waals surface area contributed by atoms with Gasteiger partial charge in [-0.3, -0.25) is 9.78 Å². The number of hydrogen-bond acceptors (Lipinski definition) is 3. The summed E-state index contributed by atoms with van der Waals surface area (Å²) in [6, 6.07) is 11.5. The molecule has 4 heteroatoms. The lowest BCUT2D eigenvalue weighted by molar-refractivity contribution is 0.0822. The average Bonchev–Trinajstić information content (AvgIpc) is 2.47. The molecular weight excluding hydrogens is 252 g/mol. The van der Waals surface area contributed by atoms with Crippen molar-refractivity contribution < 1.29 is 9.53 Å². The van der Waals surface area contributed by atoms with E-state index in [1.807, 2.05) is 37.3 Å². The van der Waals surface area contributed by atoms with Crippen LogP contribution in [-0.2, 0) is 0 Å². The molecule has 0 radical (unpaired) electrons. The Morgan fingerprint density at radius 2 is 1.95 bits per heavy atom. The highest BCUT2D eigenvalue weighted by Gasteiger charge is 2.10. The monoisotopic (exact) mass is 270 g/mol. The first-order valence-corrected chi connectivity index (χ1v) is 6.52. The first-order valence-electron chi connectivity index (χ1n) is 6.52. The van der Waals surface area contributed by atoms with Crippen molar-refractivity contribution in [3.8, 4) is 16.9 Å². The summed E-state index contributed by atoms with van der Waals surface area (Å²) in [5.41, 5.74) is 2.40. The molecule has 0 bridgehead atoms. The fraction of sp³-hybridized carbons (Fsp3) is 0.250. The number of carbonyl (C=O) groups is 1. The molecule has 0 aliphatic carbocycles. The number of rotatable bonds is 4. The lowest BCUT2D eigenvalue weighted by Gasteiger charge is -2.11. The summed E-state index contributed by atoms with van der Waals surface area (Å²) in [6.45, 7) is 2.58. The number of carbonyl (C=O) groups excluding carboxylic acids is 1. The molecule has 1 aromatic carbocycles. The van der Waals surface area contributed by atoms with Crippen LogP contribution >= 0.6 is 0 Å². The molecule has 20 heavy (non-hydrogen) atoms. The average molecular weight is 270 g/mol. The van der Waals surface area contributed by atoms with Gasteiger partial charge in [0.25, 0.3) is 5.91 Å². The molecule has 2 aromatic rings. The van der Waals surface area contributed by atoms with Gasteiger partial charge in [-0.25, -0.2) is 0 Å². The van der Waals surface area contributed by atoms with Crippen LogP contribution in [0.5, 0.6) is 5.75 Å². The fourth-order valence-corrected chi connectivity index (χ4v) is 1.89. The summed E-state index contributed by atoms with van der Waals surface area (Å²) >= 11 is 0. The fourth-order valence-electron chi connectivity index (χ4n) is 1.89. The van der Waals surface area contributed by atoms with E-state index in [4.69, 9.17) is 4.74 Å². The van der Waals surface area contributed by atoms with Gasteiger partial charge in [-0.05, 0) is 42.3 Å². The van der Waals surface area contributed by atoms with Crippen LogP contribution in [0.4, 0.5) is 0 Å². The summed E-state index contributed by atoms with van der Waals surface area (Å²) in [5, 5.41) is 0. The van der Waals surface area contributed by atoms with Crippen LogP contribution in [0, 0.1) is 0 Å². The van der Waals surface area contributed by atoms with E-state index in [0.29, 0.717) is 12.3 Å². The number of amides is 1. The number of pyridine rings is 1. The molecule has 1 amide bonds. The Morgan fingerprint density at radius 3 is 2.65 bits per heavy atom. The maximum Gasteiger partial charge on any atom is 0.271 e. The summed E-state index contributed by atoms with van der Waals surface area (Å²) in [6.07, 6.45) is 1.65. The third-order valence-corrected chi connectivity index (χ3v) is 2.86. The molecule has 0 atom stereocenters. The molecule has 0 N–H and O–H groups in total. The Labute approximate surface area is 119 Å². The number of benzene rings is 1. The van der Waals surface area contributed by atoms with Gasteiger partial charge in [-0.15, -0.1) is 0 Å². The Bertz CT molecular complexity index is 609. The van der Waals surface area contributed by atoms with E-state index in [1.54, 1.807) is 26.4 Å². The van der Waals surface area contributed by atoms with Crippen molar-refractivity contribution in [1.82, 2.24) is 9.88 Å². The van der Waals surface area contributed by atoms with Crippen molar-refractivity contribution >= 4 is 5.91 Å². The smallest absolute Gasteiger partial charge is 0.271 e. The van der Waals surface area contributed by atoms with E-state index in [2.05, 4.69) is 4.98 Å². The number of nitrogens with zero attached hydrogens (tertiary/aromatic N) is 2. The van der Waals surface area contributed by atoms with Crippen LogP contribution < -0.4 is 4.74 Å². The molecule has 0 saturated carbocycles. The minimum Gasteiger partial charge on any atom is -0.494 e. The summed E-state index contributed by atoms with van der Waals surface area (Å²) in [4.78, 5) is 17.6. The molecular formula is C16H18N2O2. The molecule has 0 unspecified atom stereocenters. The second-order valence-electron chi connectivity index (χ2n) is 4.59. The SMILES string of the molecule is CCOc1cccc(-c2ccnc(C(=O)N(C)C)c2)c1. The van der Waals surface area contributed by atoms with E-state index >= 15 is 0 Å². The second kappa shape index (κ2) is 6.19. The van der Waals surface area contributed by atoms with E-state index in [-0.39, 0.29) is 5.91 Å². The topological polar surface area (TPSA) is 42.4 Å². The van der Waals surface area contributed by atoms with E-state index in [0.717, 1.165) is 16.9 Å². The van der Waals surface area contributed by atoms with Crippen LogP contribution in [-0.4, -0.2) is 36.5 Å². The third-order valence-electron chi connectivity index (χ3n) is 2.86. The molecule has 4 nitrogen and oxygen atoms in total. The summed E-state index contributed by atoms with van der Waals surface area (Å²) in [5.74, 6) is 0.718. The van der Waals surface area contributed by atoms with Crippen molar-refractivity contribution in [1.29, 1.82) is 0 Å². The zero-order chi connectivity index (χ0) is 14.5. The first-order chi connectivity index (χ1) is 9.61. The minimum atomic E-state index is -0.104. The highest BCUT2D eigenvalue weighted by molar-refractivity contribution is 5.93. The van der Waals surface area contributed by atoms with E-state index in [1.165, 1.54) is 4.90 Å². The van der Waals surface area contributed by atoms with Crippen molar-refractivity contribution in [2.75, 3.05) is 20.7 Å². The normalized spacial score (nSPS) is 10.2. The molecule has 1 aromatic heterocycles. The van der Waals surface area contributed by atoms with Gasteiger partial charge in [0, 0.05) is 20.3 Å². The van der Waals surface area contributed by atoms with Crippen molar-refractivity contribution in [2.24, 2.45) is 0 Å². The predicted octanol–water partition coefficient (Wildman–Crippen LogP) is 2.85. The molecule has 1 heterocycles. The minimum absolute atomic E-state index is 0.104. The molecule has 0 spiro atoms. The van der Waals surface area contributed by atoms with Crippen LogP contribution in [0.15, 0.2) is 42.6 Å². The second-order valence-corrected chi connectivity index (χ2v) is 4.59. The van der Waals surface area contributed by atoms with Crippen LogP contribution in [0.2, 0.25) is 0 Å². The highest BCUT2D eigenvalue weighted by atomic mass is 16.5. The first kappa shape index (κ1) is 14.1. The number of hydrogen-bond donors (Lipinski definition) is 0. The van der Waals surface area contributed by atoms with Gasteiger partial charge < -0.3 is 9.64 Å². The molecule has 0 saturated heterocycles. The zero-order valence-corrected chi connectivity index (χ0v) is 12.0. The standard InChI is InChI=1S/C16H18N2O2/c1-4-20-14-7-5-6-12(10-14)13-8-9-17-15(11-13)16(19)18(2)3/h5-11H,4H2,1-3H3. The van der Waals surface area contributed by atoms with Gasteiger partial charge in [0.2, 0.25) is 0 Å². The van der Waals surface area contributed by atoms with Crippen LogP contribution in [0.1, 0.15) is 17.4 Å². The van der Waals surface area contributed by atoms with E-state index in [9.17, 15) is 4.79 Å². The van der Waals surface area contributed by atoms with Crippen molar-refractivity contribution in [3.63, 3.8) is 0 Å². The molecule has 2 rings (SSSR count). The highest BCUT2D eigenvalue weighted by Crippen LogP contribution is 2.24. The molecule has 0 aliphatic heterocycles. The largest absolute Gasteiger partial charge is 0.494 e. The van der Waals surface area contributed by atoms with Gasteiger partial charge in [0.15, 0.2) is 0 Å². The van der Waals surface area contributed by atoms with Gasteiger partial charge in [0.1, 0.15) is 11.4 Å². The Morgan fingerprint density at radius 1 is 1.20 bits per heavy atom. The number of aromatic nitrogens is 1. The quantitative estimate of drug-likeness (QED) is 0.858. The Balaban J connectivity index is 2.35. The van der Waals surface area contributed by atoms with Crippen LogP contribution in [0.25, 0.3) is 11.1 Å². The van der Waals surface area contributed by atoms with Crippen LogP contribution in [0.3, 0.4) is 0 Å². The predicted molar refractivity (Wildman–Crippen MR) is 78.9 cm³/mol. The Hall–Kier alpha value is -2.36. The number of ether oxygens (including phenoxy) is 1. The summed E-state index contributed by atoms with van der Waals surface area (Å²) in [7, 11) is 3.43. The van der Waals surface area contributed by atoms with Crippen molar-refractivity contribution in [2.45, 2.75) is 6.92 Å². The summed E-state index contributed by atoms with van der Waals surface area (Å²) < 4.78 is 5.49. The lowest BCUT2D eigenvalue weighted by atomic mass is 10.1. The Kier molecular flexibility index (Phi) is 4.35. The molecule has 0 fully saturated rings. The van der Waals surface area contributed by atoms with Gasteiger partial charge in [-0.2, -0.15) is 0 Å². The molecule has 104 valence electrons. The molecule has 0 aliphatic rings. The van der Waals surface area contributed by atoms with Crippen molar-refractivity contribution in [3.05, 3.63) is 48.3 Å².